The van der Waals surface area contributed by atoms with Gasteiger partial charge in [0.25, 0.3) is 0 Å². The van der Waals surface area contributed by atoms with Gasteiger partial charge in [0.2, 0.25) is 0 Å². The molecule has 0 aliphatic carbocycles. The highest BCUT2D eigenvalue weighted by molar-refractivity contribution is 5.89. The Morgan fingerprint density at radius 3 is 2.62 bits per heavy atom. The average Bonchev–Trinajstić information content (AvgIpc) is 2.82. The van der Waals surface area contributed by atoms with Crippen LogP contribution < -0.4 is 15.5 Å². The van der Waals surface area contributed by atoms with Gasteiger partial charge in [-0.15, -0.1) is 0 Å². The average molecular weight is 434 g/mol. The van der Waals surface area contributed by atoms with E-state index in [-0.39, 0.29) is 6.03 Å². The first kappa shape index (κ1) is 22.0. The molecule has 0 bridgehead atoms. The first-order chi connectivity index (χ1) is 15.6. The van der Waals surface area contributed by atoms with E-state index >= 15 is 0 Å². The summed E-state index contributed by atoms with van der Waals surface area (Å²) in [6, 6.07) is 13.8. The van der Waals surface area contributed by atoms with E-state index in [0.717, 1.165) is 44.8 Å². The molecule has 0 spiro atoms. The number of urea groups is 1. The summed E-state index contributed by atoms with van der Waals surface area (Å²) in [5.74, 6) is 1.76. The minimum Gasteiger partial charge on any atom is -0.353 e. The van der Waals surface area contributed by atoms with Crippen LogP contribution in [0.5, 0.6) is 0 Å². The summed E-state index contributed by atoms with van der Waals surface area (Å²) in [6.07, 6.45) is 3.73. The van der Waals surface area contributed by atoms with Crippen molar-refractivity contribution >= 4 is 28.8 Å². The number of rotatable bonds is 7. The number of nitrogens with zero attached hydrogens (tertiary/aromatic N) is 5. The molecule has 8 heteroatoms. The van der Waals surface area contributed by atoms with Crippen LogP contribution in [-0.4, -0.2) is 65.7 Å². The number of amides is 2. The van der Waals surface area contributed by atoms with Gasteiger partial charge in [-0.05, 0) is 43.5 Å². The topological polar surface area (TPSA) is 86.3 Å². The molecule has 1 saturated heterocycles. The molecule has 2 aromatic heterocycles. The van der Waals surface area contributed by atoms with Crippen molar-refractivity contribution in [1.82, 2.24) is 25.2 Å². The van der Waals surface area contributed by atoms with Gasteiger partial charge < -0.3 is 15.1 Å². The van der Waals surface area contributed by atoms with E-state index in [0.29, 0.717) is 29.4 Å². The lowest BCUT2D eigenvalue weighted by atomic mass is 9.96. The third kappa shape index (κ3) is 5.70. The van der Waals surface area contributed by atoms with Crippen molar-refractivity contribution in [2.24, 2.45) is 0 Å². The maximum absolute atomic E-state index is 12.3. The highest BCUT2D eigenvalue weighted by atomic mass is 16.2. The number of likely N-dealkylation sites (N-methyl/N-ethyl adjacent to an activating group) is 1. The summed E-state index contributed by atoms with van der Waals surface area (Å²) in [4.78, 5) is 30.5. The zero-order valence-electron chi connectivity index (χ0n) is 18.8. The van der Waals surface area contributed by atoms with E-state index < -0.39 is 0 Å². The van der Waals surface area contributed by atoms with Gasteiger partial charge >= 0.3 is 6.03 Å². The van der Waals surface area contributed by atoms with Crippen molar-refractivity contribution in [3.8, 4) is 0 Å². The first-order valence-corrected chi connectivity index (χ1v) is 11.3. The molecule has 0 radical (unpaired) electrons. The Balaban J connectivity index is 1.29. The van der Waals surface area contributed by atoms with Crippen LogP contribution in [0, 0.1) is 0 Å². The molecular weight excluding hydrogens is 402 g/mol. The van der Waals surface area contributed by atoms with Crippen LogP contribution in [0.15, 0.2) is 48.7 Å². The van der Waals surface area contributed by atoms with Crippen molar-refractivity contribution in [2.45, 2.75) is 25.7 Å². The Morgan fingerprint density at radius 2 is 1.84 bits per heavy atom. The van der Waals surface area contributed by atoms with Crippen LogP contribution in [0.2, 0.25) is 0 Å². The van der Waals surface area contributed by atoms with Crippen LogP contribution in [0.1, 0.15) is 31.2 Å². The molecule has 1 aliphatic rings. The molecule has 168 valence electrons. The van der Waals surface area contributed by atoms with Crippen molar-refractivity contribution in [3.63, 3.8) is 0 Å². The molecule has 32 heavy (non-hydrogen) atoms. The van der Waals surface area contributed by atoms with Crippen LogP contribution in [0.25, 0.3) is 11.2 Å². The Bertz CT molecular complexity index is 1030. The first-order valence-electron chi connectivity index (χ1n) is 11.3. The second-order valence-electron chi connectivity index (χ2n) is 8.39. The molecular formula is C24H31N7O. The fourth-order valence-corrected chi connectivity index (χ4v) is 3.87. The molecule has 1 atom stereocenters. The largest absolute Gasteiger partial charge is 0.353 e. The Hall–Kier alpha value is -3.26. The zero-order chi connectivity index (χ0) is 22.3. The van der Waals surface area contributed by atoms with E-state index in [1.165, 1.54) is 5.56 Å². The minimum absolute atomic E-state index is 0.257. The lowest BCUT2D eigenvalue weighted by Crippen LogP contribution is -2.44. The predicted molar refractivity (Wildman–Crippen MR) is 128 cm³/mol. The number of piperazine rings is 1. The van der Waals surface area contributed by atoms with E-state index in [2.05, 4.69) is 73.6 Å². The van der Waals surface area contributed by atoms with Crippen LogP contribution in [0.4, 0.5) is 16.4 Å². The van der Waals surface area contributed by atoms with Gasteiger partial charge in [0, 0.05) is 32.7 Å². The molecule has 2 N–H and O–H groups in total. The number of carbonyl (C=O) groups is 1. The number of aromatic nitrogens is 3. The number of pyridine rings is 1. The molecule has 0 saturated carbocycles. The molecule has 3 heterocycles. The highest BCUT2D eigenvalue weighted by Crippen LogP contribution is 2.20. The van der Waals surface area contributed by atoms with Crippen LogP contribution in [0.3, 0.4) is 0 Å². The zero-order valence-corrected chi connectivity index (χ0v) is 18.8. The summed E-state index contributed by atoms with van der Waals surface area (Å²) in [5.41, 5.74) is 2.58. The quantitative estimate of drug-likeness (QED) is 0.555. The maximum atomic E-state index is 12.3. The fraction of sp³-hybridized carbons (Fsp3) is 0.417. The smallest absolute Gasteiger partial charge is 0.320 e. The van der Waals surface area contributed by atoms with E-state index in [1.807, 2.05) is 12.1 Å². The summed E-state index contributed by atoms with van der Waals surface area (Å²) in [5, 5.41) is 5.72. The molecule has 2 amide bonds. The van der Waals surface area contributed by atoms with Crippen LogP contribution in [-0.2, 0) is 0 Å². The summed E-state index contributed by atoms with van der Waals surface area (Å²) in [7, 11) is 2.12. The number of nitrogens with one attached hydrogen (secondary N) is 2. The summed E-state index contributed by atoms with van der Waals surface area (Å²) in [6.45, 7) is 6.66. The Labute approximate surface area is 189 Å². The molecule has 4 rings (SSSR count). The predicted octanol–water partition coefficient (Wildman–Crippen LogP) is 3.48. The Kier molecular flexibility index (Phi) is 7.11. The number of benzene rings is 1. The molecule has 0 unspecified atom stereocenters. The lowest BCUT2D eigenvalue weighted by Gasteiger charge is -2.32. The van der Waals surface area contributed by atoms with Gasteiger partial charge in [-0.25, -0.2) is 19.7 Å². The van der Waals surface area contributed by atoms with Gasteiger partial charge in [0.1, 0.15) is 17.2 Å². The van der Waals surface area contributed by atoms with E-state index in [9.17, 15) is 4.79 Å². The van der Waals surface area contributed by atoms with Crippen molar-refractivity contribution in [1.29, 1.82) is 0 Å². The number of hydrogen-bond acceptors (Lipinski definition) is 6. The number of fused-ring (bicyclic) bond motifs is 1. The number of carbonyl (C=O) groups excluding carboxylic acids is 1. The Morgan fingerprint density at radius 1 is 1.06 bits per heavy atom. The molecule has 8 nitrogen and oxygen atoms in total. The summed E-state index contributed by atoms with van der Waals surface area (Å²) < 4.78 is 0. The van der Waals surface area contributed by atoms with Gasteiger partial charge in [-0.2, -0.15) is 0 Å². The van der Waals surface area contributed by atoms with E-state index in [4.69, 9.17) is 0 Å². The third-order valence-electron chi connectivity index (χ3n) is 5.93. The monoisotopic (exact) mass is 433 g/mol. The normalized spacial score (nSPS) is 15.5. The third-order valence-corrected chi connectivity index (χ3v) is 5.93. The molecule has 1 aliphatic heterocycles. The van der Waals surface area contributed by atoms with E-state index in [1.54, 1.807) is 12.3 Å². The second kappa shape index (κ2) is 10.4. The second-order valence-corrected chi connectivity index (χ2v) is 8.39. The highest BCUT2D eigenvalue weighted by Gasteiger charge is 2.16. The van der Waals surface area contributed by atoms with Gasteiger partial charge in [-0.1, -0.05) is 37.3 Å². The molecule has 3 aromatic rings. The molecule has 1 fully saturated rings. The number of hydrogen-bond donors (Lipinski definition) is 2. The van der Waals surface area contributed by atoms with Crippen LogP contribution >= 0.6 is 0 Å². The van der Waals surface area contributed by atoms with Gasteiger partial charge in [0.05, 0.1) is 6.20 Å². The minimum atomic E-state index is -0.257. The SMILES string of the molecule is C[C@H](CCCNC(=O)Nc1ccc2ncc(N3CCN(C)CC3)nc2n1)c1ccccc1. The summed E-state index contributed by atoms with van der Waals surface area (Å²) >= 11 is 0. The van der Waals surface area contributed by atoms with Crippen molar-refractivity contribution < 1.29 is 4.79 Å². The van der Waals surface area contributed by atoms with Gasteiger partial charge in [0.15, 0.2) is 5.65 Å². The van der Waals surface area contributed by atoms with Crippen molar-refractivity contribution in [2.75, 3.05) is 50.0 Å². The van der Waals surface area contributed by atoms with Crippen molar-refractivity contribution in [3.05, 3.63) is 54.2 Å². The number of anilines is 2. The standard InChI is InChI=1S/C24H31N7O/c1-18(19-8-4-3-5-9-19)7-6-12-25-24(32)28-21-11-10-20-23(27-21)29-22(17-26-20)31-15-13-30(2)14-16-31/h3-5,8-11,17-18H,6-7,12-16H2,1-2H3,(H2,25,27,28,29,32)/t18-/m1/s1. The van der Waals surface area contributed by atoms with Gasteiger partial charge in [-0.3, -0.25) is 5.32 Å². The maximum Gasteiger partial charge on any atom is 0.320 e. The lowest BCUT2D eigenvalue weighted by molar-refractivity contribution is 0.251. The fourth-order valence-electron chi connectivity index (χ4n) is 3.87. The molecule has 1 aromatic carbocycles.